The van der Waals surface area contributed by atoms with Crippen LogP contribution in [0, 0.1) is 35.0 Å². The lowest BCUT2D eigenvalue weighted by atomic mass is 9.93. The summed E-state index contributed by atoms with van der Waals surface area (Å²) in [5, 5.41) is 16.4. The molecule has 14 amide bonds. The van der Waals surface area contributed by atoms with Gasteiger partial charge in [0.05, 0.1) is 6.04 Å². The minimum absolute atomic E-state index is 0.00170. The normalized spacial score (nSPS) is 24.3. The zero-order valence-corrected chi connectivity index (χ0v) is 81.5. The third kappa shape index (κ3) is 25.9. The van der Waals surface area contributed by atoms with Crippen molar-refractivity contribution >= 4 is 52.2 Å². The number of sulfonamides is 1. The summed E-state index contributed by atoms with van der Waals surface area (Å²) in [5.41, 5.74) is 25.6. The molecule has 786 valence electrons. The second kappa shape index (κ2) is 48.2. The lowest BCUT2D eigenvalue weighted by molar-refractivity contribution is -0.135. The number of alkyl halides is 4. The van der Waals surface area contributed by atoms with E-state index in [4.69, 9.17) is 44.9 Å². The van der Waals surface area contributed by atoms with Crippen LogP contribution in [0.1, 0.15) is 173 Å². The van der Waals surface area contributed by atoms with Crippen molar-refractivity contribution in [3.63, 3.8) is 0 Å². The number of hydrogen-bond acceptors (Lipinski definition) is 18. The van der Waals surface area contributed by atoms with Crippen LogP contribution < -0.4 is 4.72 Å². The number of halogens is 9. The number of urea groups is 7. The van der Waals surface area contributed by atoms with Crippen LogP contribution in [0.15, 0.2) is 252 Å². The first-order valence-corrected chi connectivity index (χ1v) is 50.6. The van der Waals surface area contributed by atoms with E-state index in [1.165, 1.54) is 54.2 Å². The summed E-state index contributed by atoms with van der Waals surface area (Å²) in [6.07, 6.45) is -0.827. The Bertz CT molecular complexity index is 6310. The molecule has 37 nitrogen and oxygen atoms in total. The van der Waals surface area contributed by atoms with Crippen LogP contribution in [-0.2, 0) is 43.9 Å². The Balaban J connectivity index is 0.000000120. The molecule has 14 fully saturated rings. The first-order valence-electron chi connectivity index (χ1n) is 49.1. The van der Waals surface area contributed by atoms with E-state index in [0.29, 0.717) is 56.1 Å². The lowest BCUT2D eigenvalue weighted by Crippen LogP contribution is -2.60. The van der Waals surface area contributed by atoms with Crippen LogP contribution in [0.25, 0.3) is 32.0 Å². The molecular formula is C102H108F9N21O16S. The number of likely N-dealkylation sites (tertiary alicyclic amines) is 7. The molecule has 0 radical (unpaired) electrons. The van der Waals surface area contributed by atoms with Crippen molar-refractivity contribution in [1.82, 2.24) is 74.5 Å². The molecule has 14 saturated heterocycles. The summed E-state index contributed by atoms with van der Waals surface area (Å²) < 4.78 is 150. The standard InChI is InChI=1S/C19H16F5N3O4S.C19H20N2O2.C14H14F4N2O2.C13H15N5O2.C13H16N2O2.C12H13N5O2.C12H14N2O2/c20-12-13(21)15(23)17(16(24)14(12)22)32(29,30)25-11-6-8-26(9-7-11)19(28)27-18(31-27)10-4-2-1-3-5-10;22-19(20-13-5-2-6-14-20)21-18(23-21)17-11-9-16(10-12-17)15-7-3-1-4-8-15;1-7-9(15)11(17)19(12(18)10(7)16)14(21)20-13(22-20)8-5-3-2-4-6-8;14-16-15-11-6-8-17(9-7-11)13(19)18-12(20-18)10-4-2-1-3-5-10;16-13(14-9-5-2-6-10-14)15-12(17-15)11-7-3-1-4-8-11;13-15-14-10-6-7-16(8-10)12(18)17-11(19-17)9-4-2-1-3-5-9;15-12(13-8-4-5-9-13)14-11(16-14)10-6-2-1-3-7-10/h1-5,11,18,25H,6-9H2;1,3-4,7-12,18H,2,5-6,13-14H2;2-7,9-13H,1H3;1-5,11-12H,6-9H2;1,3-4,7-8,12H,2,5-6,9-10H2;1-5,10-11H,6-8H2;1-3,6-7,11H,4-5,8-9H2. The van der Waals surface area contributed by atoms with E-state index in [2.05, 4.69) is 44.3 Å². The van der Waals surface area contributed by atoms with E-state index in [1.807, 2.05) is 177 Å². The summed E-state index contributed by atoms with van der Waals surface area (Å²) in [7, 11) is -5.05. The Hall–Kier alpha value is -14.5. The fourth-order valence-electron chi connectivity index (χ4n) is 18.1. The minimum atomic E-state index is -5.05. The van der Waals surface area contributed by atoms with Crippen LogP contribution in [0.2, 0.25) is 0 Å². The molecule has 9 aromatic carbocycles. The van der Waals surface area contributed by atoms with Gasteiger partial charge in [-0.25, -0.2) is 120 Å². The summed E-state index contributed by atoms with van der Waals surface area (Å²) in [6, 6.07) is 71.9. The zero-order valence-electron chi connectivity index (χ0n) is 80.6. The van der Waals surface area contributed by atoms with Crippen LogP contribution in [-0.4, -0.2) is 242 Å². The largest absolute Gasteiger partial charge is 0.351 e. The van der Waals surface area contributed by atoms with E-state index in [-0.39, 0.29) is 104 Å². The van der Waals surface area contributed by atoms with Crippen LogP contribution >= 0.6 is 0 Å². The number of nitrogens with zero attached hydrogens (tertiary/aromatic N) is 20. The number of carbonyl (C=O) groups is 7. The SMILES string of the molecule is CC1C(F)C(F)N(C(=O)N2OC2c2ccccc2)C(F)C1F.O=C(N1CCC(NS(=O)(=O)c2c(F)c(F)c(F)c(F)c2F)CC1)N1OC1c1ccccc1.O=C(N1CCCC1)N1OC1c1ccccc1.O=C(N1CCCCC1)N1OC1c1ccc(-c2ccccc2)cc1.O=C(N1CCCCC1)N1OC1c1ccccc1.[N-]=[N+]=NC1CCN(C(=O)N2OC2c2ccccc2)C1.[N-]=[N+]=NC1CCN(C(=O)N2OC2c2ccccc2)CC1. The molecule has 23 rings (SSSR count). The highest BCUT2D eigenvalue weighted by atomic mass is 32.2. The Kier molecular flexibility index (Phi) is 34.2. The van der Waals surface area contributed by atoms with E-state index < -0.39 is 105 Å². The van der Waals surface area contributed by atoms with E-state index in [0.717, 1.165) is 123 Å². The van der Waals surface area contributed by atoms with Gasteiger partial charge in [0.15, 0.2) is 40.5 Å². The average molecular weight is 2090 g/mol. The second-order valence-electron chi connectivity index (χ2n) is 36.9. The van der Waals surface area contributed by atoms with Gasteiger partial charge in [-0.1, -0.05) is 254 Å². The predicted molar refractivity (Wildman–Crippen MR) is 514 cm³/mol. The summed E-state index contributed by atoms with van der Waals surface area (Å²) in [4.78, 5) is 136. The highest BCUT2D eigenvalue weighted by molar-refractivity contribution is 7.89. The molecule has 0 aromatic heterocycles. The van der Waals surface area contributed by atoms with Crippen molar-refractivity contribution in [2.75, 3.05) is 78.5 Å². The molecule has 0 spiro atoms. The Labute approximate surface area is 851 Å². The molecular weight excluding hydrogens is 1980 g/mol. The van der Waals surface area contributed by atoms with Gasteiger partial charge in [-0.15, -0.1) is 0 Å². The van der Waals surface area contributed by atoms with Gasteiger partial charge in [0, 0.05) is 145 Å². The number of benzene rings is 9. The van der Waals surface area contributed by atoms with Crippen molar-refractivity contribution in [3.8, 4) is 11.1 Å². The first kappa shape index (κ1) is 106. The van der Waals surface area contributed by atoms with Gasteiger partial charge in [0.2, 0.25) is 72.0 Å². The van der Waals surface area contributed by atoms with Gasteiger partial charge in [0.25, 0.3) is 0 Å². The monoisotopic (exact) mass is 2090 g/mol. The Morgan fingerprint density at radius 1 is 0.309 bits per heavy atom. The molecule has 9 aromatic rings. The third-order valence-corrected chi connectivity index (χ3v) is 28.4. The summed E-state index contributed by atoms with van der Waals surface area (Å²) in [5.74, 6) is -13.5. The Morgan fingerprint density at radius 2 is 0.550 bits per heavy atom. The average Bonchev–Trinajstić information content (AvgIpc) is 1.76. The molecule has 12 unspecified atom stereocenters. The van der Waals surface area contributed by atoms with Crippen molar-refractivity contribution in [1.29, 1.82) is 0 Å². The topological polar surface area (TPSA) is 395 Å². The number of piperidine rings is 5. The van der Waals surface area contributed by atoms with Crippen LogP contribution in [0.5, 0.6) is 0 Å². The van der Waals surface area contributed by atoms with Crippen molar-refractivity contribution in [2.24, 2.45) is 16.1 Å². The number of rotatable bonds is 13. The van der Waals surface area contributed by atoms with E-state index >= 15 is 0 Å². The second-order valence-corrected chi connectivity index (χ2v) is 38.6. The molecule has 14 aliphatic heterocycles. The fraction of sp³-hybridized carbons (Fsp3) is 0.402. The number of carbonyl (C=O) groups excluding carboxylic acids is 7. The van der Waals surface area contributed by atoms with Gasteiger partial charge in [-0.05, 0) is 106 Å². The summed E-state index contributed by atoms with van der Waals surface area (Å²) >= 11 is 0. The highest BCUT2D eigenvalue weighted by Gasteiger charge is 2.58. The molecule has 14 aliphatic rings. The van der Waals surface area contributed by atoms with Crippen molar-refractivity contribution < 1.29 is 115 Å². The molecule has 14 heterocycles. The molecule has 0 aliphatic carbocycles. The first-order chi connectivity index (χ1) is 72.2. The van der Waals surface area contributed by atoms with Crippen LogP contribution in [0.3, 0.4) is 0 Å². The molecule has 12 atom stereocenters. The molecule has 0 saturated carbocycles. The van der Waals surface area contributed by atoms with Gasteiger partial charge < -0.3 is 29.4 Å². The fourth-order valence-corrected chi connectivity index (χ4v) is 19.5. The maximum absolute atomic E-state index is 13.9. The summed E-state index contributed by atoms with van der Waals surface area (Å²) in [6.45, 7) is 8.64. The van der Waals surface area contributed by atoms with Gasteiger partial charge in [-0.3, -0.25) is 4.90 Å². The van der Waals surface area contributed by atoms with Crippen molar-refractivity contribution in [2.45, 2.75) is 182 Å². The maximum atomic E-state index is 13.9. The molecule has 1 N–H and O–H groups in total. The smallest absolute Gasteiger partial charge is 0.323 e. The van der Waals surface area contributed by atoms with Crippen LogP contribution in [0.4, 0.5) is 73.1 Å². The van der Waals surface area contributed by atoms with Gasteiger partial charge >= 0.3 is 42.2 Å². The lowest BCUT2D eigenvalue weighted by Gasteiger charge is -2.40. The van der Waals surface area contributed by atoms with Crippen molar-refractivity contribution in [3.05, 3.63) is 326 Å². The van der Waals surface area contributed by atoms with Gasteiger partial charge in [-0.2, -0.15) is 35.4 Å². The molecule has 149 heavy (non-hydrogen) atoms. The van der Waals surface area contributed by atoms with E-state index in [9.17, 15) is 81.5 Å². The van der Waals surface area contributed by atoms with E-state index in [1.54, 1.807) is 64.4 Å². The number of hydrogen-bond donors (Lipinski definition) is 1. The zero-order chi connectivity index (χ0) is 105. The predicted octanol–water partition coefficient (Wildman–Crippen LogP) is 20.6. The quantitative estimate of drug-likeness (QED) is 0.0164. The van der Waals surface area contributed by atoms with Gasteiger partial charge in [0.1, 0.15) is 0 Å². The minimum Gasteiger partial charge on any atom is -0.323 e. The maximum Gasteiger partial charge on any atom is 0.351 e. The number of azide groups is 2. The Morgan fingerprint density at radius 3 is 0.866 bits per heavy atom. The number of hydroxylamine groups is 14. The number of amides is 14. The molecule has 47 heteroatoms. The highest BCUT2D eigenvalue weighted by Crippen LogP contribution is 2.47. The third-order valence-electron chi connectivity index (χ3n) is 26.8. The molecule has 0 bridgehead atoms. The number of nitrogens with one attached hydrogen (secondary N) is 1.